The van der Waals surface area contributed by atoms with Gasteiger partial charge in [-0.05, 0) is 57.9 Å². The van der Waals surface area contributed by atoms with Gasteiger partial charge in [-0.1, -0.05) is 19.3 Å². The van der Waals surface area contributed by atoms with Gasteiger partial charge in [-0.3, -0.25) is 14.5 Å². The van der Waals surface area contributed by atoms with Crippen molar-refractivity contribution in [3.8, 4) is 0 Å². The summed E-state index contributed by atoms with van der Waals surface area (Å²) in [5, 5.41) is 3.27. The lowest BCUT2D eigenvalue weighted by molar-refractivity contribution is -0.140. The molecule has 0 bridgehead atoms. The minimum absolute atomic E-state index is 0.00426. The molecule has 25 heavy (non-hydrogen) atoms. The average molecular weight is 348 g/mol. The van der Waals surface area contributed by atoms with E-state index >= 15 is 0 Å². The largest absolute Gasteiger partial charge is 0.353 e. The number of likely N-dealkylation sites (tertiary alicyclic amines) is 2. The predicted molar refractivity (Wildman–Crippen MR) is 97.1 cm³/mol. The molecule has 0 aromatic heterocycles. The van der Waals surface area contributed by atoms with Crippen molar-refractivity contribution >= 4 is 11.8 Å². The summed E-state index contributed by atoms with van der Waals surface area (Å²) in [5.74, 6) is 0.477. The lowest BCUT2D eigenvalue weighted by atomic mass is 9.92. The second-order valence-electron chi connectivity index (χ2n) is 8.59. The van der Waals surface area contributed by atoms with Crippen molar-refractivity contribution in [3.05, 3.63) is 0 Å². The van der Waals surface area contributed by atoms with Crippen molar-refractivity contribution in [2.24, 2.45) is 5.92 Å². The molecule has 4 rings (SSSR count). The van der Waals surface area contributed by atoms with Gasteiger partial charge < -0.3 is 10.2 Å². The summed E-state index contributed by atoms with van der Waals surface area (Å²) in [7, 11) is 0. The Kier molecular flexibility index (Phi) is 5.30. The Hall–Kier alpha value is -1.10. The van der Waals surface area contributed by atoms with Crippen molar-refractivity contribution < 1.29 is 9.59 Å². The molecule has 2 atom stereocenters. The van der Waals surface area contributed by atoms with Crippen LogP contribution in [0.2, 0.25) is 0 Å². The molecule has 2 saturated heterocycles. The molecule has 0 aromatic rings. The van der Waals surface area contributed by atoms with Crippen LogP contribution in [0, 0.1) is 5.92 Å². The van der Waals surface area contributed by atoms with Crippen LogP contribution < -0.4 is 5.32 Å². The van der Waals surface area contributed by atoms with Crippen LogP contribution in [-0.2, 0) is 9.59 Å². The highest BCUT2D eigenvalue weighted by Gasteiger charge is 2.42. The molecule has 0 spiro atoms. The summed E-state index contributed by atoms with van der Waals surface area (Å²) in [4.78, 5) is 30.2. The summed E-state index contributed by atoms with van der Waals surface area (Å²) in [6, 6.07) is 1.12. The molecule has 1 N–H and O–H groups in total. The van der Waals surface area contributed by atoms with E-state index in [0.29, 0.717) is 24.5 Å². The molecule has 0 aromatic carbocycles. The first-order chi connectivity index (χ1) is 12.2. The average Bonchev–Trinajstić information content (AvgIpc) is 3.38. The molecule has 4 fully saturated rings. The van der Waals surface area contributed by atoms with E-state index < -0.39 is 0 Å². The molecule has 2 aliphatic heterocycles. The van der Waals surface area contributed by atoms with Gasteiger partial charge in [-0.15, -0.1) is 0 Å². The van der Waals surface area contributed by atoms with E-state index in [9.17, 15) is 9.59 Å². The third kappa shape index (κ3) is 4.02. The van der Waals surface area contributed by atoms with Gasteiger partial charge >= 0.3 is 0 Å². The smallest absolute Gasteiger partial charge is 0.239 e. The van der Waals surface area contributed by atoms with Crippen molar-refractivity contribution in [1.29, 1.82) is 0 Å². The number of nitrogens with zero attached hydrogens (tertiary/aromatic N) is 2. The van der Waals surface area contributed by atoms with Crippen molar-refractivity contribution in [2.45, 2.75) is 88.8 Å². The number of hydrogen-bond acceptors (Lipinski definition) is 3. The Balaban J connectivity index is 1.32. The number of nitrogens with one attached hydrogen (secondary N) is 1. The lowest BCUT2D eigenvalue weighted by Crippen LogP contribution is -2.52. The van der Waals surface area contributed by atoms with E-state index in [0.717, 1.165) is 51.6 Å². The number of amides is 2. The summed E-state index contributed by atoms with van der Waals surface area (Å²) in [5.41, 5.74) is 0. The number of piperidine rings is 1. The van der Waals surface area contributed by atoms with Crippen LogP contribution in [0.1, 0.15) is 70.6 Å². The van der Waals surface area contributed by atoms with Gasteiger partial charge in [0.05, 0.1) is 12.0 Å². The Morgan fingerprint density at radius 2 is 1.56 bits per heavy atom. The normalized spacial score (nSPS) is 31.9. The zero-order chi connectivity index (χ0) is 17.2. The van der Waals surface area contributed by atoms with Gasteiger partial charge in [0.2, 0.25) is 11.8 Å². The van der Waals surface area contributed by atoms with Crippen molar-refractivity contribution in [3.63, 3.8) is 0 Å². The van der Waals surface area contributed by atoms with E-state index in [1.807, 2.05) is 4.90 Å². The van der Waals surface area contributed by atoms with Gasteiger partial charge in [-0.25, -0.2) is 0 Å². The molecule has 140 valence electrons. The Morgan fingerprint density at radius 3 is 2.32 bits per heavy atom. The highest BCUT2D eigenvalue weighted by atomic mass is 16.2. The second-order valence-corrected chi connectivity index (χ2v) is 8.59. The fraction of sp³-hybridized carbons (Fsp3) is 0.900. The number of rotatable bonds is 4. The molecule has 2 saturated carbocycles. The first-order valence-electron chi connectivity index (χ1n) is 10.6. The maximum atomic E-state index is 13.1. The highest BCUT2D eigenvalue weighted by Crippen LogP contribution is 2.34. The topological polar surface area (TPSA) is 52.7 Å². The van der Waals surface area contributed by atoms with Gasteiger partial charge in [0.25, 0.3) is 0 Å². The number of carbonyl (C=O) groups is 2. The molecular formula is C20H33N3O2. The lowest BCUT2D eigenvalue weighted by Gasteiger charge is -2.36. The third-order valence-corrected chi connectivity index (χ3v) is 6.65. The fourth-order valence-corrected chi connectivity index (χ4v) is 5.07. The molecule has 4 aliphatic rings. The van der Waals surface area contributed by atoms with E-state index in [2.05, 4.69) is 10.2 Å². The molecule has 5 nitrogen and oxygen atoms in total. The zero-order valence-corrected chi connectivity index (χ0v) is 15.4. The zero-order valence-electron chi connectivity index (χ0n) is 15.4. The molecular weight excluding hydrogens is 314 g/mol. The predicted octanol–water partition coefficient (Wildman–Crippen LogP) is 2.30. The molecule has 2 heterocycles. The maximum absolute atomic E-state index is 13.1. The van der Waals surface area contributed by atoms with Crippen LogP contribution in [0.3, 0.4) is 0 Å². The summed E-state index contributed by atoms with van der Waals surface area (Å²) < 4.78 is 0. The quantitative estimate of drug-likeness (QED) is 0.849. The van der Waals surface area contributed by atoms with E-state index in [1.165, 1.54) is 32.1 Å². The maximum Gasteiger partial charge on any atom is 0.239 e. The van der Waals surface area contributed by atoms with Crippen LogP contribution in [0.25, 0.3) is 0 Å². The van der Waals surface area contributed by atoms with Gasteiger partial charge in [0, 0.05) is 25.2 Å². The standard InChI is InChI=1S/C20H33N3O2/c24-19(21-16-7-2-1-3-8-16)15-6-4-12-22(14-15)20(25)18-9-5-13-23(18)17-10-11-17/h15-18H,1-14H2,(H,21,24)/t15-,18+/m1/s1. The van der Waals surface area contributed by atoms with Crippen molar-refractivity contribution in [2.75, 3.05) is 19.6 Å². The fourth-order valence-electron chi connectivity index (χ4n) is 5.07. The summed E-state index contributed by atoms with van der Waals surface area (Å²) in [6.07, 6.45) is 12.6. The number of hydrogen-bond donors (Lipinski definition) is 1. The van der Waals surface area contributed by atoms with E-state index in [-0.39, 0.29) is 17.9 Å². The van der Waals surface area contributed by atoms with E-state index in [4.69, 9.17) is 0 Å². The molecule has 5 heteroatoms. The second kappa shape index (κ2) is 7.65. The minimum Gasteiger partial charge on any atom is -0.353 e. The van der Waals surface area contributed by atoms with Crippen LogP contribution >= 0.6 is 0 Å². The Labute approximate surface area is 151 Å². The Morgan fingerprint density at radius 1 is 0.800 bits per heavy atom. The molecule has 0 unspecified atom stereocenters. The molecule has 2 aliphatic carbocycles. The molecule has 2 amide bonds. The summed E-state index contributed by atoms with van der Waals surface area (Å²) in [6.45, 7) is 2.55. The highest BCUT2D eigenvalue weighted by molar-refractivity contribution is 5.84. The van der Waals surface area contributed by atoms with E-state index in [1.54, 1.807) is 0 Å². The van der Waals surface area contributed by atoms with Crippen LogP contribution in [0.5, 0.6) is 0 Å². The first-order valence-corrected chi connectivity index (χ1v) is 10.6. The minimum atomic E-state index is -0.00426. The van der Waals surface area contributed by atoms with Crippen LogP contribution in [-0.4, -0.2) is 59.4 Å². The Bertz CT molecular complexity index is 499. The summed E-state index contributed by atoms with van der Waals surface area (Å²) >= 11 is 0. The van der Waals surface area contributed by atoms with Gasteiger partial charge in [-0.2, -0.15) is 0 Å². The third-order valence-electron chi connectivity index (χ3n) is 6.65. The van der Waals surface area contributed by atoms with Gasteiger partial charge in [0.1, 0.15) is 0 Å². The molecule has 0 radical (unpaired) electrons. The SMILES string of the molecule is O=C(NC1CCCCC1)[C@@H]1CCCN(C(=O)[C@@H]2CCCN2C2CC2)C1. The van der Waals surface area contributed by atoms with Crippen LogP contribution in [0.15, 0.2) is 0 Å². The van der Waals surface area contributed by atoms with Crippen LogP contribution in [0.4, 0.5) is 0 Å². The monoisotopic (exact) mass is 347 g/mol. The van der Waals surface area contributed by atoms with Crippen molar-refractivity contribution in [1.82, 2.24) is 15.1 Å². The number of carbonyl (C=O) groups excluding carboxylic acids is 2. The van der Waals surface area contributed by atoms with Gasteiger partial charge in [0.15, 0.2) is 0 Å². The first kappa shape index (κ1) is 17.3.